The van der Waals surface area contributed by atoms with Crippen LogP contribution in [0.25, 0.3) is 11.1 Å². The number of hydrogen-bond acceptors (Lipinski definition) is 1. The zero-order valence-electron chi connectivity index (χ0n) is 14.5. The van der Waals surface area contributed by atoms with Crippen molar-refractivity contribution in [3.05, 3.63) is 59.2 Å². The number of rotatable bonds is 7. The zero-order valence-corrected chi connectivity index (χ0v) is 14.5. The summed E-state index contributed by atoms with van der Waals surface area (Å²) in [6.45, 7) is 12.4. The van der Waals surface area contributed by atoms with E-state index in [9.17, 15) is 0 Å². The Labute approximate surface area is 136 Å². The molecule has 2 aromatic rings. The maximum atomic E-state index is 2.51. The molecule has 0 bridgehead atoms. The van der Waals surface area contributed by atoms with Crippen molar-refractivity contribution in [2.45, 2.75) is 47.1 Å². The monoisotopic (exact) mass is 295 g/mol. The Hall–Kier alpha value is -1.60. The fraction of sp³-hybridized carbons (Fsp3) is 0.429. The maximum Gasteiger partial charge on any atom is 0.0238 e. The van der Waals surface area contributed by atoms with Crippen LogP contribution in [-0.2, 0) is 19.4 Å². The molecule has 1 nitrogen and oxygen atoms in total. The molecule has 1 heteroatoms. The summed E-state index contributed by atoms with van der Waals surface area (Å²) >= 11 is 0. The van der Waals surface area contributed by atoms with Gasteiger partial charge in [0.25, 0.3) is 0 Å². The van der Waals surface area contributed by atoms with E-state index in [1.54, 1.807) is 5.56 Å². The van der Waals surface area contributed by atoms with E-state index in [4.69, 9.17) is 0 Å². The summed E-state index contributed by atoms with van der Waals surface area (Å²) < 4.78 is 0. The predicted molar refractivity (Wildman–Crippen MR) is 97.3 cm³/mol. The van der Waals surface area contributed by atoms with Crippen molar-refractivity contribution < 1.29 is 0 Å². The Kier molecular flexibility index (Phi) is 6.21. The first kappa shape index (κ1) is 16.8. The van der Waals surface area contributed by atoms with Crippen LogP contribution in [0.5, 0.6) is 0 Å². The molecule has 0 saturated heterocycles. The van der Waals surface area contributed by atoms with E-state index >= 15 is 0 Å². The van der Waals surface area contributed by atoms with Gasteiger partial charge in [-0.2, -0.15) is 0 Å². The van der Waals surface area contributed by atoms with Crippen LogP contribution >= 0.6 is 0 Å². The molecule has 2 rings (SSSR count). The maximum absolute atomic E-state index is 2.51. The van der Waals surface area contributed by atoms with Crippen molar-refractivity contribution in [3.8, 4) is 11.1 Å². The van der Waals surface area contributed by atoms with Gasteiger partial charge in [-0.1, -0.05) is 70.2 Å². The van der Waals surface area contributed by atoms with Gasteiger partial charge in [-0.15, -0.1) is 0 Å². The molecule has 0 saturated carbocycles. The van der Waals surface area contributed by atoms with Gasteiger partial charge >= 0.3 is 0 Å². The van der Waals surface area contributed by atoms with Crippen LogP contribution in [0.1, 0.15) is 44.4 Å². The number of aryl methyl sites for hydroxylation is 2. The second kappa shape index (κ2) is 8.14. The molecule has 0 spiro atoms. The largest absolute Gasteiger partial charge is 0.300 e. The summed E-state index contributed by atoms with van der Waals surface area (Å²) in [4.78, 5) is 2.51. The molecule has 118 valence electrons. The third-order valence-electron chi connectivity index (χ3n) is 4.58. The summed E-state index contributed by atoms with van der Waals surface area (Å²) in [6.07, 6.45) is 2.20. The summed E-state index contributed by atoms with van der Waals surface area (Å²) in [7, 11) is 0. The highest BCUT2D eigenvalue weighted by molar-refractivity contribution is 5.66. The molecule has 0 unspecified atom stereocenters. The Balaban J connectivity index is 2.46. The molecule has 2 aromatic carbocycles. The van der Waals surface area contributed by atoms with E-state index in [-0.39, 0.29) is 0 Å². The Morgan fingerprint density at radius 2 is 1.27 bits per heavy atom. The lowest BCUT2D eigenvalue weighted by Gasteiger charge is -2.23. The van der Waals surface area contributed by atoms with Crippen LogP contribution in [0.4, 0.5) is 0 Å². The minimum absolute atomic E-state index is 1.08. The first-order valence-corrected chi connectivity index (χ1v) is 8.65. The van der Waals surface area contributed by atoms with Crippen LogP contribution in [-0.4, -0.2) is 18.0 Å². The third kappa shape index (κ3) is 3.78. The average molecular weight is 295 g/mol. The van der Waals surface area contributed by atoms with Crippen molar-refractivity contribution in [2.75, 3.05) is 13.1 Å². The summed E-state index contributed by atoms with van der Waals surface area (Å²) in [6, 6.07) is 15.5. The van der Waals surface area contributed by atoms with Crippen molar-refractivity contribution in [1.82, 2.24) is 4.90 Å². The van der Waals surface area contributed by atoms with E-state index in [0.29, 0.717) is 0 Å². The first-order chi connectivity index (χ1) is 10.7. The van der Waals surface area contributed by atoms with Crippen molar-refractivity contribution in [2.24, 2.45) is 0 Å². The Morgan fingerprint density at radius 3 is 1.73 bits per heavy atom. The van der Waals surface area contributed by atoms with Gasteiger partial charge in [-0.05, 0) is 53.7 Å². The van der Waals surface area contributed by atoms with Gasteiger partial charge in [0.15, 0.2) is 0 Å². The normalized spacial score (nSPS) is 11.1. The van der Waals surface area contributed by atoms with E-state index in [1.165, 1.54) is 22.3 Å². The highest BCUT2D eigenvalue weighted by Gasteiger charge is 2.12. The number of hydrogen-bond donors (Lipinski definition) is 0. The molecule has 0 aromatic heterocycles. The molecule has 0 fully saturated rings. The second-order valence-electron chi connectivity index (χ2n) is 5.81. The van der Waals surface area contributed by atoms with E-state index < -0.39 is 0 Å². The molecular weight excluding hydrogens is 266 g/mol. The predicted octanol–water partition coefficient (Wildman–Crippen LogP) is 5.32. The van der Waals surface area contributed by atoms with Crippen LogP contribution in [0, 0.1) is 0 Å². The van der Waals surface area contributed by atoms with Gasteiger partial charge in [-0.3, -0.25) is 4.90 Å². The van der Waals surface area contributed by atoms with Gasteiger partial charge in [-0.25, -0.2) is 0 Å². The molecule has 0 N–H and O–H groups in total. The molecule has 0 heterocycles. The first-order valence-electron chi connectivity index (χ1n) is 8.65. The molecule has 0 atom stereocenters. The lowest BCUT2D eigenvalue weighted by Crippen LogP contribution is -2.23. The smallest absolute Gasteiger partial charge is 0.0238 e. The molecule has 0 radical (unpaired) electrons. The highest BCUT2D eigenvalue weighted by atomic mass is 15.1. The molecule has 22 heavy (non-hydrogen) atoms. The topological polar surface area (TPSA) is 3.24 Å². The van der Waals surface area contributed by atoms with Crippen LogP contribution < -0.4 is 0 Å². The molecule has 0 amide bonds. The van der Waals surface area contributed by atoms with Crippen molar-refractivity contribution >= 4 is 0 Å². The van der Waals surface area contributed by atoms with Gasteiger partial charge in [0, 0.05) is 6.54 Å². The quantitative estimate of drug-likeness (QED) is 0.668. The molecule has 0 aliphatic carbocycles. The standard InChI is InChI=1S/C21H29N/c1-5-17-14-20(19-12-10-9-11-13-19)15-18(6-2)21(17)16-22(7-3)8-4/h9-15H,5-8,16H2,1-4H3. The van der Waals surface area contributed by atoms with Crippen LogP contribution in [0.2, 0.25) is 0 Å². The third-order valence-corrected chi connectivity index (χ3v) is 4.58. The van der Waals surface area contributed by atoms with Crippen molar-refractivity contribution in [3.63, 3.8) is 0 Å². The number of nitrogens with zero attached hydrogens (tertiary/aromatic N) is 1. The summed E-state index contributed by atoms with van der Waals surface area (Å²) in [5.74, 6) is 0. The summed E-state index contributed by atoms with van der Waals surface area (Å²) in [5.41, 5.74) is 7.24. The lowest BCUT2D eigenvalue weighted by molar-refractivity contribution is 0.294. The van der Waals surface area contributed by atoms with Gasteiger partial charge in [0.2, 0.25) is 0 Å². The van der Waals surface area contributed by atoms with E-state index in [2.05, 4.69) is 75.1 Å². The average Bonchev–Trinajstić information content (AvgIpc) is 2.59. The minimum Gasteiger partial charge on any atom is -0.300 e. The molecular formula is C21H29N. The van der Waals surface area contributed by atoms with Crippen LogP contribution in [0.3, 0.4) is 0 Å². The van der Waals surface area contributed by atoms with Gasteiger partial charge in [0.1, 0.15) is 0 Å². The Morgan fingerprint density at radius 1 is 0.727 bits per heavy atom. The zero-order chi connectivity index (χ0) is 15.9. The van der Waals surface area contributed by atoms with Gasteiger partial charge < -0.3 is 0 Å². The van der Waals surface area contributed by atoms with E-state index in [1.807, 2.05) is 0 Å². The molecule has 0 aliphatic rings. The second-order valence-corrected chi connectivity index (χ2v) is 5.81. The fourth-order valence-electron chi connectivity index (χ4n) is 3.10. The number of benzene rings is 2. The van der Waals surface area contributed by atoms with Gasteiger partial charge in [0.05, 0.1) is 0 Å². The minimum atomic E-state index is 1.08. The SMILES string of the molecule is CCc1cc(-c2ccccc2)cc(CC)c1CN(CC)CC. The van der Waals surface area contributed by atoms with Crippen LogP contribution in [0.15, 0.2) is 42.5 Å². The van der Waals surface area contributed by atoms with Crippen molar-refractivity contribution in [1.29, 1.82) is 0 Å². The fourth-order valence-corrected chi connectivity index (χ4v) is 3.10. The summed E-state index contributed by atoms with van der Waals surface area (Å²) in [5, 5.41) is 0. The molecule has 0 aliphatic heterocycles. The Bertz CT molecular complexity index is 557. The lowest BCUT2D eigenvalue weighted by atomic mass is 9.91. The van der Waals surface area contributed by atoms with E-state index in [0.717, 1.165) is 32.5 Å². The highest BCUT2D eigenvalue weighted by Crippen LogP contribution is 2.27.